The highest BCUT2D eigenvalue weighted by atomic mass is 16.6. The van der Waals surface area contributed by atoms with Gasteiger partial charge in [0.25, 0.3) is 0 Å². The number of carbonyl (C=O) groups is 6. The molecule has 0 aromatic heterocycles. The van der Waals surface area contributed by atoms with E-state index in [0.717, 1.165) is 0 Å². The minimum absolute atomic E-state index is 0.167. The Morgan fingerprint density at radius 3 is 1.42 bits per heavy atom. The summed E-state index contributed by atoms with van der Waals surface area (Å²) in [6.07, 6.45) is -3.02. The van der Waals surface area contributed by atoms with Crippen molar-refractivity contribution < 1.29 is 48.5 Å². The Bertz CT molecular complexity index is 770. The molecule has 0 aromatic rings. The van der Waals surface area contributed by atoms with Gasteiger partial charge in [-0.05, 0) is 27.7 Å². The molecule has 3 unspecified atom stereocenters. The number of hydrogen-bond donors (Lipinski definition) is 4. The SMILES string of the molecule is C=C(C)C(=O)NCC(C)OC(=O)C(C(=O)OC(C)CNC(=O)C(=C)C)C(CC(=O)O)C(=O)O. The van der Waals surface area contributed by atoms with Gasteiger partial charge in [-0.2, -0.15) is 0 Å². The van der Waals surface area contributed by atoms with Gasteiger partial charge in [-0.3, -0.25) is 28.8 Å². The second-order valence-corrected chi connectivity index (χ2v) is 7.50. The van der Waals surface area contributed by atoms with Crippen LogP contribution in [-0.2, 0) is 38.2 Å². The van der Waals surface area contributed by atoms with E-state index >= 15 is 0 Å². The molecule has 0 aliphatic rings. The Balaban J connectivity index is 5.49. The molecule has 0 radical (unpaired) electrons. The van der Waals surface area contributed by atoms with Gasteiger partial charge in [-0.1, -0.05) is 13.2 Å². The molecule has 33 heavy (non-hydrogen) atoms. The second kappa shape index (κ2) is 13.7. The number of hydrogen-bond acceptors (Lipinski definition) is 8. The average molecular weight is 470 g/mol. The highest BCUT2D eigenvalue weighted by molar-refractivity contribution is 6.00. The summed E-state index contributed by atoms with van der Waals surface area (Å²) in [6, 6.07) is 0. The molecule has 2 amide bonds. The van der Waals surface area contributed by atoms with E-state index in [-0.39, 0.29) is 24.2 Å². The van der Waals surface area contributed by atoms with Gasteiger partial charge in [0, 0.05) is 11.1 Å². The van der Waals surface area contributed by atoms with Gasteiger partial charge in [-0.15, -0.1) is 0 Å². The van der Waals surface area contributed by atoms with E-state index in [9.17, 15) is 33.9 Å². The van der Waals surface area contributed by atoms with Crippen molar-refractivity contribution in [1.82, 2.24) is 10.6 Å². The zero-order valence-corrected chi connectivity index (χ0v) is 19.0. The van der Waals surface area contributed by atoms with Crippen LogP contribution in [0.5, 0.6) is 0 Å². The topological polar surface area (TPSA) is 185 Å². The number of rotatable bonds is 14. The van der Waals surface area contributed by atoms with Gasteiger partial charge < -0.3 is 30.3 Å². The summed E-state index contributed by atoms with van der Waals surface area (Å²) in [5.74, 6) is -11.0. The van der Waals surface area contributed by atoms with Crippen molar-refractivity contribution in [1.29, 1.82) is 0 Å². The van der Waals surface area contributed by atoms with E-state index in [4.69, 9.17) is 14.6 Å². The maximum absolute atomic E-state index is 12.6. The third kappa shape index (κ3) is 10.9. The van der Waals surface area contributed by atoms with Gasteiger partial charge in [0.05, 0.1) is 25.4 Å². The summed E-state index contributed by atoms with van der Waals surface area (Å²) in [6.45, 7) is 12.2. The van der Waals surface area contributed by atoms with Crippen LogP contribution in [0.2, 0.25) is 0 Å². The van der Waals surface area contributed by atoms with Crippen molar-refractivity contribution >= 4 is 35.7 Å². The molecule has 0 aliphatic carbocycles. The molecule has 0 fully saturated rings. The monoisotopic (exact) mass is 470 g/mol. The molecular weight excluding hydrogens is 440 g/mol. The number of amides is 2. The van der Waals surface area contributed by atoms with Crippen molar-refractivity contribution in [2.45, 2.75) is 46.3 Å². The number of carboxylic acid groups (broad SMARTS) is 2. The quantitative estimate of drug-likeness (QED) is 0.153. The van der Waals surface area contributed by atoms with Crippen LogP contribution in [-0.4, -0.2) is 71.2 Å². The van der Waals surface area contributed by atoms with E-state index in [2.05, 4.69) is 23.8 Å². The Kier molecular flexibility index (Phi) is 12.1. The lowest BCUT2D eigenvalue weighted by molar-refractivity contribution is -0.175. The lowest BCUT2D eigenvalue weighted by atomic mass is 9.89. The van der Waals surface area contributed by atoms with Crippen LogP contribution < -0.4 is 10.6 Å². The predicted molar refractivity (Wildman–Crippen MR) is 114 cm³/mol. The molecule has 0 heterocycles. The van der Waals surface area contributed by atoms with Gasteiger partial charge in [0.15, 0.2) is 5.92 Å². The fourth-order valence-electron chi connectivity index (χ4n) is 2.36. The molecule has 3 atom stereocenters. The number of esters is 2. The van der Waals surface area contributed by atoms with Gasteiger partial charge >= 0.3 is 23.9 Å². The molecule has 0 aromatic carbocycles. The minimum Gasteiger partial charge on any atom is -0.481 e. The maximum Gasteiger partial charge on any atom is 0.321 e. The summed E-state index contributed by atoms with van der Waals surface area (Å²) in [5, 5.41) is 23.3. The maximum atomic E-state index is 12.6. The summed E-state index contributed by atoms with van der Waals surface area (Å²) in [4.78, 5) is 71.2. The molecule has 0 aliphatic heterocycles. The van der Waals surface area contributed by atoms with E-state index in [1.165, 1.54) is 27.7 Å². The fraction of sp³-hybridized carbons (Fsp3) is 0.524. The lowest BCUT2D eigenvalue weighted by Crippen LogP contribution is -2.43. The summed E-state index contributed by atoms with van der Waals surface area (Å²) in [7, 11) is 0. The molecule has 0 saturated carbocycles. The van der Waals surface area contributed by atoms with E-state index in [1.54, 1.807) is 0 Å². The number of carbonyl (C=O) groups excluding carboxylic acids is 4. The van der Waals surface area contributed by atoms with Crippen LogP contribution in [0.4, 0.5) is 0 Å². The van der Waals surface area contributed by atoms with E-state index in [0.29, 0.717) is 0 Å². The smallest absolute Gasteiger partial charge is 0.321 e. The Morgan fingerprint density at radius 2 is 1.15 bits per heavy atom. The van der Waals surface area contributed by atoms with Crippen LogP contribution in [0, 0.1) is 11.8 Å². The van der Waals surface area contributed by atoms with Crippen molar-refractivity contribution in [3.63, 3.8) is 0 Å². The Morgan fingerprint density at radius 1 is 0.788 bits per heavy atom. The van der Waals surface area contributed by atoms with E-state index < -0.39 is 66.2 Å². The normalized spacial score (nSPS) is 13.9. The predicted octanol–water partition coefficient (Wildman–Crippen LogP) is 0.0261. The first-order chi connectivity index (χ1) is 15.2. The highest BCUT2D eigenvalue weighted by Gasteiger charge is 2.44. The van der Waals surface area contributed by atoms with Crippen LogP contribution in [0.3, 0.4) is 0 Å². The molecule has 0 saturated heterocycles. The zero-order valence-electron chi connectivity index (χ0n) is 19.0. The number of ether oxygens (including phenoxy) is 2. The highest BCUT2D eigenvalue weighted by Crippen LogP contribution is 2.22. The molecule has 0 bridgehead atoms. The molecule has 0 rings (SSSR count). The zero-order chi connectivity index (χ0) is 25.9. The Labute approximate surface area is 191 Å². The minimum atomic E-state index is -2.10. The van der Waals surface area contributed by atoms with Crippen molar-refractivity contribution in [2.24, 2.45) is 11.8 Å². The van der Waals surface area contributed by atoms with Crippen molar-refractivity contribution in [3.8, 4) is 0 Å². The summed E-state index contributed by atoms with van der Waals surface area (Å²) >= 11 is 0. The standard InChI is InChI=1S/C21H30N2O10/c1-10(2)17(26)22-8-12(5)32-20(30)16(14(19(28)29)7-15(24)25)21(31)33-13(6)9-23-18(27)11(3)4/h12-14,16H,1,3,7-9H2,2,4-6H3,(H,22,26)(H,23,27)(H,24,25)(H,28,29). The van der Waals surface area contributed by atoms with Gasteiger partial charge in [0.1, 0.15) is 12.2 Å². The van der Waals surface area contributed by atoms with Crippen molar-refractivity contribution in [2.75, 3.05) is 13.1 Å². The first kappa shape index (κ1) is 29.3. The number of nitrogens with one attached hydrogen (secondary N) is 2. The third-order valence-electron chi connectivity index (χ3n) is 4.13. The van der Waals surface area contributed by atoms with E-state index in [1.807, 2.05) is 0 Å². The van der Waals surface area contributed by atoms with Gasteiger partial charge in [-0.25, -0.2) is 0 Å². The van der Waals surface area contributed by atoms with Crippen LogP contribution in [0.15, 0.2) is 24.3 Å². The molecule has 184 valence electrons. The molecule has 4 N–H and O–H groups in total. The summed E-state index contributed by atoms with van der Waals surface area (Å²) < 4.78 is 10.1. The molecule has 12 heteroatoms. The fourth-order valence-corrected chi connectivity index (χ4v) is 2.36. The molecular formula is C21H30N2O10. The number of aliphatic carboxylic acids is 2. The van der Waals surface area contributed by atoms with Gasteiger partial charge in [0.2, 0.25) is 11.8 Å². The van der Waals surface area contributed by atoms with Crippen LogP contribution >= 0.6 is 0 Å². The second-order valence-electron chi connectivity index (χ2n) is 7.50. The lowest BCUT2D eigenvalue weighted by Gasteiger charge is -2.24. The third-order valence-corrected chi connectivity index (χ3v) is 4.13. The number of carboxylic acids is 2. The summed E-state index contributed by atoms with van der Waals surface area (Å²) in [5.41, 5.74) is 0.408. The molecule has 0 spiro atoms. The van der Waals surface area contributed by atoms with Crippen molar-refractivity contribution in [3.05, 3.63) is 24.3 Å². The Hall–Kier alpha value is -3.70. The molecule has 12 nitrogen and oxygen atoms in total. The first-order valence-corrected chi connectivity index (χ1v) is 9.90. The van der Waals surface area contributed by atoms with Crippen LogP contribution in [0.1, 0.15) is 34.1 Å². The average Bonchev–Trinajstić information content (AvgIpc) is 2.68. The largest absolute Gasteiger partial charge is 0.481 e. The first-order valence-electron chi connectivity index (χ1n) is 9.90. The van der Waals surface area contributed by atoms with Crippen LogP contribution in [0.25, 0.3) is 0 Å².